The smallest absolute Gasteiger partial charge is 0.305 e. The Morgan fingerprint density at radius 2 is 2.00 bits per heavy atom. The van der Waals surface area contributed by atoms with Gasteiger partial charge in [0.1, 0.15) is 0 Å². The number of nitrogens with one attached hydrogen (secondary N) is 2. The number of hydrogen-bond acceptors (Lipinski definition) is 3. The summed E-state index contributed by atoms with van der Waals surface area (Å²) in [6, 6.07) is -0.363. The normalized spacial score (nSPS) is 25.7. The van der Waals surface area contributed by atoms with Gasteiger partial charge in [-0.05, 0) is 38.1 Å². The lowest BCUT2D eigenvalue weighted by atomic mass is 9.83. The minimum Gasteiger partial charge on any atom is -0.481 e. The molecule has 1 aliphatic rings. The van der Waals surface area contributed by atoms with E-state index >= 15 is 0 Å². The van der Waals surface area contributed by atoms with Crippen molar-refractivity contribution in [1.29, 1.82) is 0 Å². The summed E-state index contributed by atoms with van der Waals surface area (Å²) in [6.45, 7) is 8.55. The Morgan fingerprint density at radius 3 is 2.42 bits per heavy atom. The van der Waals surface area contributed by atoms with E-state index in [1.165, 1.54) is 0 Å². The molecular formula is C14H26N2O3. The molecule has 1 amide bonds. The zero-order valence-corrected chi connectivity index (χ0v) is 12.4. The molecule has 2 unspecified atom stereocenters. The van der Waals surface area contributed by atoms with Gasteiger partial charge in [-0.1, -0.05) is 20.8 Å². The SMILES string of the molecule is CC1(C(=O)NC(CC(=O)O)C(C)(C)C)CCCCN1. The lowest BCUT2D eigenvalue weighted by molar-refractivity contribution is -0.139. The molecule has 0 aliphatic carbocycles. The number of carboxylic acids is 1. The van der Waals surface area contributed by atoms with Gasteiger partial charge in [0.25, 0.3) is 0 Å². The summed E-state index contributed by atoms with van der Waals surface area (Å²) in [5.41, 5.74) is -0.848. The molecule has 0 aromatic heterocycles. The van der Waals surface area contributed by atoms with E-state index < -0.39 is 11.5 Å². The van der Waals surface area contributed by atoms with Crippen molar-refractivity contribution in [2.75, 3.05) is 6.54 Å². The van der Waals surface area contributed by atoms with Gasteiger partial charge in [0.2, 0.25) is 5.91 Å². The third kappa shape index (κ3) is 4.49. The predicted octanol–water partition coefficient (Wildman–Crippen LogP) is 1.52. The first kappa shape index (κ1) is 16.0. The molecule has 1 fully saturated rings. The maximum absolute atomic E-state index is 12.4. The highest BCUT2D eigenvalue weighted by atomic mass is 16.4. The number of carbonyl (C=O) groups excluding carboxylic acids is 1. The highest BCUT2D eigenvalue weighted by molar-refractivity contribution is 5.86. The van der Waals surface area contributed by atoms with Crippen LogP contribution in [0.25, 0.3) is 0 Å². The largest absolute Gasteiger partial charge is 0.481 e. The average Bonchev–Trinajstić information content (AvgIpc) is 2.27. The number of carbonyl (C=O) groups is 2. The predicted molar refractivity (Wildman–Crippen MR) is 73.9 cm³/mol. The van der Waals surface area contributed by atoms with Crippen molar-refractivity contribution in [1.82, 2.24) is 10.6 Å². The van der Waals surface area contributed by atoms with Gasteiger partial charge >= 0.3 is 5.97 Å². The minimum atomic E-state index is -0.887. The Hall–Kier alpha value is -1.10. The van der Waals surface area contributed by atoms with Crippen LogP contribution >= 0.6 is 0 Å². The van der Waals surface area contributed by atoms with Crippen molar-refractivity contribution >= 4 is 11.9 Å². The summed E-state index contributed by atoms with van der Waals surface area (Å²) in [6.07, 6.45) is 2.85. The maximum Gasteiger partial charge on any atom is 0.305 e. The van der Waals surface area contributed by atoms with Gasteiger partial charge in [-0.15, -0.1) is 0 Å². The van der Waals surface area contributed by atoms with Crippen LogP contribution in [-0.2, 0) is 9.59 Å². The molecule has 5 nitrogen and oxygen atoms in total. The summed E-state index contributed by atoms with van der Waals surface area (Å²) >= 11 is 0. The van der Waals surface area contributed by atoms with Crippen molar-refractivity contribution in [2.24, 2.45) is 5.41 Å². The molecule has 0 aromatic rings. The molecule has 0 radical (unpaired) electrons. The van der Waals surface area contributed by atoms with Crippen molar-refractivity contribution in [3.05, 3.63) is 0 Å². The molecule has 1 rings (SSSR count). The van der Waals surface area contributed by atoms with Gasteiger partial charge in [-0.2, -0.15) is 0 Å². The number of carboxylic acid groups (broad SMARTS) is 1. The summed E-state index contributed by atoms with van der Waals surface area (Å²) in [5.74, 6) is -0.977. The molecule has 0 saturated carbocycles. The number of piperidine rings is 1. The van der Waals surface area contributed by atoms with Gasteiger partial charge in [-0.3, -0.25) is 9.59 Å². The fraction of sp³-hybridized carbons (Fsp3) is 0.857. The fourth-order valence-corrected chi connectivity index (χ4v) is 2.32. The topological polar surface area (TPSA) is 78.4 Å². The first-order valence-electron chi connectivity index (χ1n) is 6.93. The van der Waals surface area contributed by atoms with E-state index in [0.29, 0.717) is 0 Å². The highest BCUT2D eigenvalue weighted by Crippen LogP contribution is 2.24. The molecule has 0 bridgehead atoms. The second kappa shape index (κ2) is 5.90. The van der Waals surface area contributed by atoms with Crippen LogP contribution in [0.4, 0.5) is 0 Å². The second-order valence-electron chi connectivity index (χ2n) is 6.71. The Kier molecular flexibility index (Phi) is 4.96. The van der Waals surface area contributed by atoms with Crippen molar-refractivity contribution in [3.63, 3.8) is 0 Å². The standard InChI is InChI=1S/C14H26N2O3/c1-13(2,3)10(9-11(17)18)16-12(19)14(4)7-5-6-8-15-14/h10,15H,5-9H2,1-4H3,(H,16,19)(H,17,18). The van der Waals surface area contributed by atoms with E-state index in [1.807, 2.05) is 27.7 Å². The molecule has 1 heterocycles. The van der Waals surface area contributed by atoms with Crippen LogP contribution in [-0.4, -0.2) is 35.1 Å². The molecule has 19 heavy (non-hydrogen) atoms. The third-order valence-electron chi connectivity index (χ3n) is 3.85. The van der Waals surface area contributed by atoms with Gasteiger partial charge < -0.3 is 15.7 Å². The van der Waals surface area contributed by atoms with E-state index in [0.717, 1.165) is 25.8 Å². The van der Waals surface area contributed by atoms with Crippen LogP contribution in [0.2, 0.25) is 0 Å². The first-order valence-corrected chi connectivity index (χ1v) is 6.93. The van der Waals surface area contributed by atoms with Gasteiger partial charge in [0, 0.05) is 6.04 Å². The van der Waals surface area contributed by atoms with E-state index in [-0.39, 0.29) is 23.8 Å². The van der Waals surface area contributed by atoms with Crippen molar-refractivity contribution in [2.45, 2.75) is 65.0 Å². The average molecular weight is 270 g/mol. The van der Waals surface area contributed by atoms with E-state index in [1.54, 1.807) is 0 Å². The Balaban J connectivity index is 2.72. The molecule has 110 valence electrons. The Bertz CT molecular complexity index is 341. The second-order valence-corrected chi connectivity index (χ2v) is 6.71. The lowest BCUT2D eigenvalue weighted by Gasteiger charge is -2.37. The molecule has 5 heteroatoms. The zero-order chi connectivity index (χ0) is 14.7. The number of hydrogen-bond donors (Lipinski definition) is 3. The van der Waals surface area contributed by atoms with Crippen LogP contribution in [0, 0.1) is 5.41 Å². The number of rotatable bonds is 4. The van der Waals surface area contributed by atoms with Gasteiger partial charge in [-0.25, -0.2) is 0 Å². The quantitative estimate of drug-likeness (QED) is 0.724. The van der Waals surface area contributed by atoms with Crippen LogP contribution < -0.4 is 10.6 Å². The fourth-order valence-electron chi connectivity index (χ4n) is 2.32. The van der Waals surface area contributed by atoms with Crippen LogP contribution in [0.5, 0.6) is 0 Å². The van der Waals surface area contributed by atoms with Crippen LogP contribution in [0.3, 0.4) is 0 Å². The Morgan fingerprint density at radius 1 is 1.37 bits per heavy atom. The molecule has 0 spiro atoms. The summed E-state index contributed by atoms with van der Waals surface area (Å²) in [4.78, 5) is 23.3. The van der Waals surface area contributed by atoms with Gasteiger partial charge in [0.15, 0.2) is 0 Å². The molecular weight excluding hydrogens is 244 g/mol. The first-order chi connectivity index (χ1) is 8.65. The molecule has 1 aliphatic heterocycles. The third-order valence-corrected chi connectivity index (χ3v) is 3.85. The maximum atomic E-state index is 12.4. The Labute approximate surface area is 115 Å². The molecule has 2 atom stereocenters. The van der Waals surface area contributed by atoms with Crippen LogP contribution in [0.1, 0.15) is 53.4 Å². The number of amides is 1. The van der Waals surface area contributed by atoms with E-state index in [4.69, 9.17) is 5.11 Å². The van der Waals surface area contributed by atoms with E-state index in [2.05, 4.69) is 10.6 Å². The summed E-state index contributed by atoms with van der Waals surface area (Å²) in [7, 11) is 0. The van der Waals surface area contributed by atoms with Crippen molar-refractivity contribution in [3.8, 4) is 0 Å². The van der Waals surface area contributed by atoms with E-state index in [9.17, 15) is 9.59 Å². The molecule has 0 aromatic carbocycles. The zero-order valence-electron chi connectivity index (χ0n) is 12.4. The number of aliphatic carboxylic acids is 1. The van der Waals surface area contributed by atoms with Gasteiger partial charge in [0.05, 0.1) is 12.0 Å². The summed E-state index contributed by atoms with van der Waals surface area (Å²) in [5, 5.41) is 15.1. The molecule has 1 saturated heterocycles. The lowest BCUT2D eigenvalue weighted by Crippen LogP contribution is -2.60. The minimum absolute atomic E-state index is 0.0503. The molecule has 3 N–H and O–H groups in total. The van der Waals surface area contributed by atoms with Crippen molar-refractivity contribution < 1.29 is 14.7 Å². The monoisotopic (exact) mass is 270 g/mol. The highest BCUT2D eigenvalue weighted by Gasteiger charge is 2.37. The summed E-state index contributed by atoms with van der Waals surface area (Å²) < 4.78 is 0. The van der Waals surface area contributed by atoms with Crippen LogP contribution in [0.15, 0.2) is 0 Å².